The molecule has 4 nitrogen and oxygen atoms in total. The van der Waals surface area contributed by atoms with Crippen molar-refractivity contribution in [2.24, 2.45) is 0 Å². The molecule has 0 spiro atoms. The summed E-state index contributed by atoms with van der Waals surface area (Å²) in [7, 11) is 0. The predicted octanol–water partition coefficient (Wildman–Crippen LogP) is 2.72. The molecule has 11 heteroatoms. The molecule has 19 heavy (non-hydrogen) atoms. The van der Waals surface area contributed by atoms with Gasteiger partial charge in [-0.05, 0) is 25.4 Å². The van der Waals surface area contributed by atoms with E-state index in [2.05, 4.69) is 23.6 Å². The molecule has 0 fully saturated rings. The number of rotatable bonds is 8. The largest absolute Gasteiger partial charge is 2.00 e. The van der Waals surface area contributed by atoms with Gasteiger partial charge in [-0.1, -0.05) is 37.5 Å². The predicted molar refractivity (Wildman–Crippen MR) is 88.1 cm³/mol. The molecule has 0 aliphatic rings. The van der Waals surface area contributed by atoms with Gasteiger partial charge in [-0.15, -0.1) is 22.8 Å². The molecule has 0 bridgehead atoms. The second-order valence-corrected chi connectivity index (χ2v) is 15.2. The van der Waals surface area contributed by atoms with Gasteiger partial charge in [0.25, 0.3) is 0 Å². The fraction of sp³-hybridized carbons (Fsp3) is 1.00. The molecule has 0 saturated heterocycles. The van der Waals surface area contributed by atoms with E-state index in [4.69, 9.17) is 9.05 Å². The van der Waals surface area contributed by atoms with E-state index in [1.807, 2.05) is 13.8 Å². The minimum atomic E-state index is -2.69. The van der Waals surface area contributed by atoms with Gasteiger partial charge in [0.05, 0.1) is 0 Å². The molecule has 0 heterocycles. The maximum absolute atomic E-state index is 11.0. The Hall–Kier alpha value is 2.50. The Kier molecular flexibility index (Phi) is 21.4. The quantitative estimate of drug-likeness (QED) is 0.391. The topological polar surface area (TPSA) is 64.6 Å². The molecule has 0 rings (SSSR count). The number of hydrogen-bond donors (Lipinski definition) is 0. The van der Waals surface area contributed by atoms with E-state index in [-0.39, 0.29) is 20.4 Å². The van der Waals surface area contributed by atoms with Crippen molar-refractivity contribution in [3.8, 4) is 0 Å². The van der Waals surface area contributed by atoms with Crippen molar-refractivity contribution in [1.29, 1.82) is 0 Å². The van der Waals surface area contributed by atoms with Crippen LogP contribution in [0.2, 0.25) is 0 Å². The minimum absolute atomic E-state index is 0. The van der Waals surface area contributed by atoms with Crippen LogP contribution >= 0.6 is 34.2 Å². The maximum Gasteiger partial charge on any atom is 2.00 e. The third-order valence-corrected chi connectivity index (χ3v) is 10.1. The Bertz CT molecular complexity index is 248. The molecule has 0 aromatic carbocycles. The van der Waals surface area contributed by atoms with Gasteiger partial charge in [-0.2, -0.15) is 0 Å². The zero-order chi connectivity index (χ0) is 14.7. The first kappa shape index (κ1) is 26.4. The standard InChI is InChI=1S/2C4H11O2PS2.Pd/c2*1-3-6-7(5,8)9-4-2;/h2*3-4H2,1-2H3,(H,5,8);/q;;+2/p-2. The molecular weight excluding hydrogens is 457 g/mol. The van der Waals surface area contributed by atoms with Crippen LogP contribution in [-0.2, 0) is 53.1 Å². The van der Waals surface area contributed by atoms with Crippen LogP contribution in [0, 0.1) is 0 Å². The molecular formula is C8H20O4P2PdS4. The van der Waals surface area contributed by atoms with E-state index in [0.717, 1.165) is 11.5 Å². The van der Waals surface area contributed by atoms with E-state index < -0.39 is 11.4 Å². The third kappa shape index (κ3) is 20.5. The zero-order valence-corrected chi connectivity index (χ0v) is 17.9. The van der Waals surface area contributed by atoms with Crippen molar-refractivity contribution in [3.63, 3.8) is 0 Å². The molecule has 0 aliphatic carbocycles. The summed E-state index contributed by atoms with van der Waals surface area (Å²) in [6.45, 7) is 8.26. The first-order valence-electron chi connectivity index (χ1n) is 5.44. The zero-order valence-electron chi connectivity index (χ0n) is 11.3. The van der Waals surface area contributed by atoms with Crippen LogP contribution in [0.15, 0.2) is 0 Å². The van der Waals surface area contributed by atoms with Crippen molar-refractivity contribution in [1.82, 2.24) is 0 Å². The third-order valence-electron chi connectivity index (χ3n) is 1.15. The Morgan fingerprint density at radius 2 is 1.11 bits per heavy atom. The van der Waals surface area contributed by atoms with Crippen LogP contribution in [-0.4, -0.2) is 24.7 Å². The van der Waals surface area contributed by atoms with E-state index >= 15 is 0 Å². The fourth-order valence-corrected chi connectivity index (χ4v) is 7.63. The summed E-state index contributed by atoms with van der Waals surface area (Å²) in [5, 5.41) is 0. The van der Waals surface area contributed by atoms with Gasteiger partial charge in [0.1, 0.15) is 0 Å². The summed E-state index contributed by atoms with van der Waals surface area (Å²) in [5.74, 6) is 1.50. The van der Waals surface area contributed by atoms with Crippen molar-refractivity contribution in [2.75, 3.05) is 24.7 Å². The molecule has 0 aromatic rings. The van der Waals surface area contributed by atoms with E-state index in [9.17, 15) is 9.79 Å². The summed E-state index contributed by atoms with van der Waals surface area (Å²) in [4.78, 5) is 21.9. The fourth-order valence-electron chi connectivity index (χ4n) is 0.707. The summed E-state index contributed by atoms with van der Waals surface area (Å²) in [6, 6.07) is 0. The van der Waals surface area contributed by atoms with Gasteiger partial charge in [0, 0.05) is 24.6 Å². The summed E-state index contributed by atoms with van der Waals surface area (Å²) in [6.07, 6.45) is 0. The Morgan fingerprint density at radius 3 is 1.26 bits per heavy atom. The molecule has 0 aliphatic heterocycles. The van der Waals surface area contributed by atoms with E-state index in [0.29, 0.717) is 13.2 Å². The average molecular weight is 477 g/mol. The number of hydrogen-bond acceptors (Lipinski definition) is 8. The summed E-state index contributed by atoms with van der Waals surface area (Å²) < 4.78 is 9.61. The van der Waals surface area contributed by atoms with Crippen LogP contribution in [0.5, 0.6) is 0 Å². The van der Waals surface area contributed by atoms with Gasteiger partial charge in [0.2, 0.25) is 0 Å². The Labute approximate surface area is 148 Å². The van der Waals surface area contributed by atoms with Gasteiger partial charge in [-0.3, -0.25) is 0 Å². The van der Waals surface area contributed by atoms with Crippen LogP contribution in [0.25, 0.3) is 0 Å². The van der Waals surface area contributed by atoms with Crippen molar-refractivity contribution in [2.45, 2.75) is 27.7 Å². The van der Waals surface area contributed by atoms with Gasteiger partial charge < -0.3 is 18.8 Å². The molecule has 0 N–H and O–H groups in total. The first-order valence-corrected chi connectivity index (χ1v) is 13.9. The van der Waals surface area contributed by atoms with Crippen molar-refractivity contribution < 1.29 is 39.3 Å². The Balaban J connectivity index is -0.000000256. The normalized spacial score (nSPS) is 16.3. The monoisotopic (exact) mass is 476 g/mol. The Morgan fingerprint density at radius 1 is 0.842 bits per heavy atom. The van der Waals surface area contributed by atoms with E-state index in [1.54, 1.807) is 13.8 Å². The SMILES string of the molecule is CCOP([O-])(=S)SCC.CCOP([O-])(=S)SCC.[Pd+2]. The second kappa shape index (κ2) is 15.4. The van der Waals surface area contributed by atoms with E-state index in [1.165, 1.54) is 22.8 Å². The molecule has 0 saturated carbocycles. The smallest absolute Gasteiger partial charge is 0.793 e. The molecule has 0 radical (unpaired) electrons. The molecule has 0 amide bonds. The molecule has 2 atom stereocenters. The minimum Gasteiger partial charge on any atom is -0.793 e. The van der Waals surface area contributed by atoms with Crippen molar-refractivity contribution in [3.05, 3.63) is 0 Å². The summed E-state index contributed by atoms with van der Waals surface area (Å²) >= 11 is 11.7. The van der Waals surface area contributed by atoms with Crippen LogP contribution < -0.4 is 9.79 Å². The van der Waals surface area contributed by atoms with Crippen LogP contribution in [0.3, 0.4) is 0 Å². The van der Waals surface area contributed by atoms with Crippen LogP contribution in [0.4, 0.5) is 0 Å². The van der Waals surface area contributed by atoms with Gasteiger partial charge in [0.15, 0.2) is 0 Å². The van der Waals surface area contributed by atoms with Gasteiger partial charge >= 0.3 is 20.4 Å². The van der Waals surface area contributed by atoms with Crippen LogP contribution in [0.1, 0.15) is 27.7 Å². The van der Waals surface area contributed by atoms with Gasteiger partial charge in [-0.25, -0.2) is 0 Å². The maximum atomic E-state index is 11.0. The molecule has 120 valence electrons. The summed E-state index contributed by atoms with van der Waals surface area (Å²) in [5.41, 5.74) is -5.39. The second-order valence-electron chi connectivity index (χ2n) is 2.57. The first-order chi connectivity index (χ1) is 8.24. The molecule has 2 unspecified atom stereocenters. The van der Waals surface area contributed by atoms with Crippen molar-refractivity contribution >= 4 is 57.8 Å². The average Bonchev–Trinajstić information content (AvgIpc) is 2.17. The molecule has 0 aromatic heterocycles.